The molecule has 162 valence electrons. The minimum absolute atomic E-state index is 0.00317. The van der Waals surface area contributed by atoms with Gasteiger partial charge in [-0.3, -0.25) is 14.1 Å². The molecule has 1 N–H and O–H groups in total. The molecule has 2 aromatic heterocycles. The summed E-state index contributed by atoms with van der Waals surface area (Å²) in [5, 5.41) is 11.7. The van der Waals surface area contributed by atoms with Crippen molar-refractivity contribution in [3.05, 3.63) is 65.6 Å². The Hall–Kier alpha value is -3.26. The highest BCUT2D eigenvalue weighted by molar-refractivity contribution is 5.89. The molecule has 1 aliphatic heterocycles. The lowest BCUT2D eigenvalue weighted by Gasteiger charge is -2.34. The van der Waals surface area contributed by atoms with Gasteiger partial charge in [0.25, 0.3) is 0 Å². The van der Waals surface area contributed by atoms with E-state index in [2.05, 4.69) is 24.8 Å². The third kappa shape index (κ3) is 4.59. The van der Waals surface area contributed by atoms with Gasteiger partial charge < -0.3 is 10.1 Å². The molecular weight excluding hydrogens is 394 g/mol. The van der Waals surface area contributed by atoms with E-state index in [9.17, 15) is 9.59 Å². The maximum atomic E-state index is 12.7. The number of nitrogens with one attached hydrogen (secondary N) is 1. The second-order valence-corrected chi connectivity index (χ2v) is 7.88. The zero-order chi connectivity index (χ0) is 21.8. The van der Waals surface area contributed by atoms with Crippen LogP contribution in [-0.2, 0) is 16.1 Å². The number of aromatic nitrogens is 3. The van der Waals surface area contributed by atoms with E-state index in [0.717, 1.165) is 43.0 Å². The Balaban J connectivity index is 1.28. The highest BCUT2D eigenvalue weighted by Gasteiger charge is 2.29. The number of nitrogens with zero attached hydrogens (tertiary/aromatic N) is 4. The number of esters is 1. The molecule has 4 rings (SSSR count). The van der Waals surface area contributed by atoms with Crippen LogP contribution in [-0.4, -0.2) is 57.6 Å². The normalized spacial score (nSPS) is 16.2. The van der Waals surface area contributed by atoms with Crippen LogP contribution >= 0.6 is 0 Å². The largest absolute Gasteiger partial charge is 0.465 e. The highest BCUT2D eigenvalue weighted by Crippen LogP contribution is 2.28. The number of likely N-dealkylation sites (tertiary alicyclic amines) is 1. The summed E-state index contributed by atoms with van der Waals surface area (Å²) in [6.45, 7) is 4.05. The van der Waals surface area contributed by atoms with E-state index in [4.69, 9.17) is 4.74 Å². The van der Waals surface area contributed by atoms with Crippen molar-refractivity contribution in [3.8, 4) is 0 Å². The van der Waals surface area contributed by atoms with Gasteiger partial charge in [-0.15, -0.1) is 10.2 Å². The van der Waals surface area contributed by atoms with Gasteiger partial charge in [-0.1, -0.05) is 18.2 Å². The van der Waals surface area contributed by atoms with Gasteiger partial charge in [0.2, 0.25) is 5.91 Å². The molecule has 1 amide bonds. The molecule has 1 unspecified atom stereocenters. The maximum absolute atomic E-state index is 12.7. The van der Waals surface area contributed by atoms with Crippen LogP contribution in [0, 0.1) is 0 Å². The molecule has 0 aliphatic carbocycles. The molecule has 3 heterocycles. The number of rotatable bonds is 6. The SMILES string of the molecule is COC(=O)c1ccc(CNC(=O)C(C)N2CCC(c3nnc4ccccn34)CC2)cc1. The second-order valence-electron chi connectivity index (χ2n) is 7.88. The predicted octanol–water partition coefficient (Wildman–Crippen LogP) is 2.40. The summed E-state index contributed by atoms with van der Waals surface area (Å²) in [7, 11) is 1.36. The lowest BCUT2D eigenvalue weighted by atomic mass is 9.95. The van der Waals surface area contributed by atoms with Crippen LogP contribution in [0.5, 0.6) is 0 Å². The molecule has 3 aromatic rings. The standard InChI is InChI=1S/C23H27N5O3/c1-16(22(29)24-15-17-6-8-19(9-7-17)23(30)31-2)27-13-10-18(11-14-27)21-26-25-20-5-3-4-12-28(20)21/h3-9,12,16,18H,10-11,13-15H2,1-2H3,(H,24,29). The molecule has 8 heteroatoms. The van der Waals surface area contributed by atoms with Crippen molar-refractivity contribution in [2.24, 2.45) is 0 Å². The number of methoxy groups -OCH3 is 1. The molecule has 1 saturated heterocycles. The Labute approximate surface area is 181 Å². The smallest absolute Gasteiger partial charge is 0.337 e. The summed E-state index contributed by atoms with van der Waals surface area (Å²) in [5.41, 5.74) is 2.30. The molecule has 1 atom stereocenters. The van der Waals surface area contributed by atoms with Crippen LogP contribution < -0.4 is 5.32 Å². The first-order valence-corrected chi connectivity index (χ1v) is 10.6. The number of ether oxygens (including phenoxy) is 1. The summed E-state index contributed by atoms with van der Waals surface area (Å²) in [4.78, 5) is 26.4. The number of piperidine rings is 1. The average molecular weight is 422 g/mol. The van der Waals surface area contributed by atoms with E-state index in [1.165, 1.54) is 7.11 Å². The highest BCUT2D eigenvalue weighted by atomic mass is 16.5. The minimum atomic E-state index is -0.369. The summed E-state index contributed by atoms with van der Waals surface area (Å²) >= 11 is 0. The molecule has 1 aromatic carbocycles. The van der Waals surface area contributed by atoms with Crippen LogP contribution in [0.3, 0.4) is 0 Å². The Kier molecular flexibility index (Phi) is 6.27. The topological polar surface area (TPSA) is 88.8 Å². The van der Waals surface area contributed by atoms with Gasteiger partial charge in [0.05, 0.1) is 18.7 Å². The molecule has 1 fully saturated rings. The van der Waals surface area contributed by atoms with Crippen LogP contribution in [0.2, 0.25) is 0 Å². The van der Waals surface area contributed by atoms with E-state index in [1.807, 2.05) is 43.5 Å². The fourth-order valence-electron chi connectivity index (χ4n) is 4.06. The average Bonchev–Trinajstić information content (AvgIpc) is 3.26. The second kappa shape index (κ2) is 9.26. The van der Waals surface area contributed by atoms with Crippen LogP contribution in [0.4, 0.5) is 0 Å². The van der Waals surface area contributed by atoms with E-state index in [1.54, 1.807) is 12.1 Å². The third-order valence-corrected chi connectivity index (χ3v) is 6.00. The number of amides is 1. The lowest BCUT2D eigenvalue weighted by Crippen LogP contribution is -2.48. The van der Waals surface area contributed by atoms with Gasteiger partial charge in [-0.05, 0) is 62.7 Å². The number of hydrogen-bond donors (Lipinski definition) is 1. The first-order valence-electron chi connectivity index (χ1n) is 10.6. The molecule has 0 radical (unpaired) electrons. The number of carbonyl (C=O) groups is 2. The number of hydrogen-bond acceptors (Lipinski definition) is 6. The van der Waals surface area contributed by atoms with Crippen LogP contribution in [0.1, 0.15) is 47.4 Å². The van der Waals surface area contributed by atoms with E-state index < -0.39 is 0 Å². The maximum Gasteiger partial charge on any atom is 0.337 e. The fraction of sp³-hybridized carbons (Fsp3) is 0.391. The van der Waals surface area contributed by atoms with Crippen LogP contribution in [0.15, 0.2) is 48.7 Å². The molecule has 0 spiro atoms. The van der Waals surface area contributed by atoms with E-state index in [0.29, 0.717) is 18.0 Å². The summed E-state index contributed by atoms with van der Waals surface area (Å²) < 4.78 is 6.76. The summed E-state index contributed by atoms with van der Waals surface area (Å²) in [6.07, 6.45) is 3.90. The minimum Gasteiger partial charge on any atom is -0.465 e. The zero-order valence-corrected chi connectivity index (χ0v) is 17.8. The first kappa shape index (κ1) is 21.0. The van der Waals surface area contributed by atoms with E-state index in [-0.39, 0.29) is 17.9 Å². The lowest BCUT2D eigenvalue weighted by molar-refractivity contribution is -0.126. The number of benzene rings is 1. The third-order valence-electron chi connectivity index (χ3n) is 6.00. The molecule has 0 bridgehead atoms. The summed E-state index contributed by atoms with van der Waals surface area (Å²) in [5.74, 6) is 0.982. The Morgan fingerprint density at radius 2 is 1.87 bits per heavy atom. The Morgan fingerprint density at radius 3 is 2.58 bits per heavy atom. The van der Waals surface area contributed by atoms with Crippen molar-refractivity contribution in [3.63, 3.8) is 0 Å². The number of carbonyl (C=O) groups excluding carboxylic acids is 2. The Morgan fingerprint density at radius 1 is 1.13 bits per heavy atom. The molecule has 1 aliphatic rings. The first-order chi connectivity index (χ1) is 15.1. The predicted molar refractivity (Wildman–Crippen MR) is 116 cm³/mol. The van der Waals surface area contributed by atoms with Crippen molar-refractivity contribution in [2.75, 3.05) is 20.2 Å². The van der Waals surface area contributed by atoms with Gasteiger partial charge in [0.15, 0.2) is 5.65 Å². The van der Waals surface area contributed by atoms with Gasteiger partial charge in [0.1, 0.15) is 5.82 Å². The van der Waals surface area contributed by atoms with Crippen molar-refractivity contribution in [2.45, 2.75) is 38.3 Å². The monoisotopic (exact) mass is 421 g/mol. The zero-order valence-electron chi connectivity index (χ0n) is 17.8. The van der Waals surface area contributed by atoms with Gasteiger partial charge in [-0.25, -0.2) is 4.79 Å². The van der Waals surface area contributed by atoms with Gasteiger partial charge in [-0.2, -0.15) is 0 Å². The quantitative estimate of drug-likeness (QED) is 0.615. The Bertz CT molecular complexity index is 1050. The molecular formula is C23H27N5O3. The van der Waals surface area contributed by atoms with Crippen molar-refractivity contribution >= 4 is 17.5 Å². The van der Waals surface area contributed by atoms with Gasteiger partial charge in [0, 0.05) is 18.7 Å². The van der Waals surface area contributed by atoms with E-state index >= 15 is 0 Å². The van der Waals surface area contributed by atoms with Gasteiger partial charge >= 0.3 is 5.97 Å². The fourth-order valence-corrected chi connectivity index (χ4v) is 4.06. The summed E-state index contributed by atoms with van der Waals surface area (Å²) in [6, 6.07) is 12.8. The van der Waals surface area contributed by atoms with Crippen LogP contribution in [0.25, 0.3) is 5.65 Å². The number of pyridine rings is 1. The molecule has 31 heavy (non-hydrogen) atoms. The van der Waals surface area contributed by atoms with Crippen molar-refractivity contribution in [1.29, 1.82) is 0 Å². The number of fused-ring (bicyclic) bond motifs is 1. The van der Waals surface area contributed by atoms with Crippen molar-refractivity contribution in [1.82, 2.24) is 24.8 Å². The molecule has 0 saturated carbocycles. The molecule has 8 nitrogen and oxygen atoms in total. The van der Waals surface area contributed by atoms with Crippen molar-refractivity contribution < 1.29 is 14.3 Å².